The fraction of sp³-hybridized carbons (Fsp3) is 0.875. The van der Waals surface area contributed by atoms with Crippen molar-refractivity contribution >= 4 is 6.09 Å². The van der Waals surface area contributed by atoms with Gasteiger partial charge in [0, 0.05) is 13.6 Å². The van der Waals surface area contributed by atoms with Crippen molar-refractivity contribution in [3.8, 4) is 0 Å². The average Bonchev–Trinajstić information content (AvgIpc) is 2.09. The second-order valence-electron chi connectivity index (χ2n) is 3.09. The number of carbonyl (C=O) groups is 1. The minimum Gasteiger partial charge on any atom is -0.430 e. The second kappa shape index (κ2) is 4.30. The van der Waals surface area contributed by atoms with Gasteiger partial charge in [-0.3, -0.25) is 4.90 Å². The summed E-state index contributed by atoms with van der Waals surface area (Å²) < 4.78 is 5.13. The standard InChI is InChI=1S/C8H16N2O2/c1-9-8(11)12-7-5-3-4-6-10(7)2/h7H,3-6H2,1-2H3,(H,9,11). The number of piperidine rings is 1. The van der Waals surface area contributed by atoms with Gasteiger partial charge >= 0.3 is 6.09 Å². The Morgan fingerprint density at radius 1 is 1.58 bits per heavy atom. The lowest BCUT2D eigenvalue weighted by Gasteiger charge is -2.31. The number of likely N-dealkylation sites (tertiary alicyclic amines) is 1. The molecule has 0 radical (unpaired) electrons. The average molecular weight is 172 g/mol. The quantitative estimate of drug-likeness (QED) is 0.635. The highest BCUT2D eigenvalue weighted by Gasteiger charge is 2.21. The van der Waals surface area contributed by atoms with E-state index in [1.54, 1.807) is 7.05 Å². The fourth-order valence-electron chi connectivity index (χ4n) is 1.38. The largest absolute Gasteiger partial charge is 0.430 e. The monoisotopic (exact) mass is 172 g/mol. The molecular weight excluding hydrogens is 156 g/mol. The van der Waals surface area contributed by atoms with Crippen LogP contribution in [0.4, 0.5) is 4.79 Å². The van der Waals surface area contributed by atoms with Gasteiger partial charge in [0.2, 0.25) is 0 Å². The maximum absolute atomic E-state index is 10.9. The molecule has 1 fully saturated rings. The van der Waals surface area contributed by atoms with Gasteiger partial charge in [-0.1, -0.05) is 0 Å². The summed E-state index contributed by atoms with van der Waals surface area (Å²) in [6, 6.07) is 0. The Balaban J connectivity index is 2.33. The third kappa shape index (κ3) is 2.37. The van der Waals surface area contributed by atoms with E-state index >= 15 is 0 Å². The van der Waals surface area contributed by atoms with Gasteiger partial charge in [0.1, 0.15) is 0 Å². The Morgan fingerprint density at radius 3 is 2.92 bits per heavy atom. The Kier molecular flexibility index (Phi) is 3.34. The molecule has 0 saturated carbocycles. The minimum absolute atomic E-state index is 0.0290. The first-order valence-corrected chi connectivity index (χ1v) is 4.32. The molecule has 1 atom stereocenters. The van der Waals surface area contributed by atoms with Gasteiger partial charge in [-0.15, -0.1) is 0 Å². The number of alkyl carbamates (subject to hydrolysis) is 1. The Bertz CT molecular complexity index is 161. The normalized spacial score (nSPS) is 25.0. The summed E-state index contributed by atoms with van der Waals surface area (Å²) in [4.78, 5) is 12.9. The number of rotatable bonds is 1. The second-order valence-corrected chi connectivity index (χ2v) is 3.09. The number of amides is 1. The molecule has 0 aromatic heterocycles. The van der Waals surface area contributed by atoms with E-state index in [0.717, 1.165) is 19.4 Å². The maximum Gasteiger partial charge on any atom is 0.408 e. The van der Waals surface area contributed by atoms with Crippen molar-refractivity contribution in [1.29, 1.82) is 0 Å². The lowest BCUT2D eigenvalue weighted by Crippen LogP contribution is -2.41. The van der Waals surface area contributed by atoms with Crippen LogP contribution in [0.15, 0.2) is 0 Å². The van der Waals surface area contributed by atoms with Gasteiger partial charge in [0.05, 0.1) is 0 Å². The molecule has 1 unspecified atom stereocenters. The van der Waals surface area contributed by atoms with Crippen LogP contribution in [0.5, 0.6) is 0 Å². The van der Waals surface area contributed by atoms with Gasteiger partial charge in [-0.2, -0.15) is 0 Å². The molecule has 4 heteroatoms. The van der Waals surface area contributed by atoms with Crippen molar-refractivity contribution < 1.29 is 9.53 Å². The number of hydrogen-bond donors (Lipinski definition) is 1. The van der Waals surface area contributed by atoms with Crippen LogP contribution in [0, 0.1) is 0 Å². The van der Waals surface area contributed by atoms with Gasteiger partial charge in [0.15, 0.2) is 6.23 Å². The van der Waals surface area contributed by atoms with Crippen molar-refractivity contribution in [3.63, 3.8) is 0 Å². The minimum atomic E-state index is -0.339. The van der Waals surface area contributed by atoms with Crippen LogP contribution in [-0.2, 0) is 4.74 Å². The number of nitrogens with one attached hydrogen (secondary N) is 1. The number of hydrogen-bond acceptors (Lipinski definition) is 3. The molecule has 0 spiro atoms. The van der Waals surface area contributed by atoms with Crippen LogP contribution < -0.4 is 5.32 Å². The van der Waals surface area contributed by atoms with Crippen LogP contribution in [0.3, 0.4) is 0 Å². The van der Waals surface area contributed by atoms with E-state index < -0.39 is 0 Å². The van der Waals surface area contributed by atoms with E-state index in [1.807, 2.05) is 7.05 Å². The third-order valence-corrected chi connectivity index (χ3v) is 2.15. The summed E-state index contributed by atoms with van der Waals surface area (Å²) in [5.41, 5.74) is 0. The zero-order valence-electron chi connectivity index (χ0n) is 7.67. The van der Waals surface area contributed by atoms with E-state index in [-0.39, 0.29) is 12.3 Å². The summed E-state index contributed by atoms with van der Waals surface area (Å²) >= 11 is 0. The fourth-order valence-corrected chi connectivity index (χ4v) is 1.38. The molecule has 4 nitrogen and oxygen atoms in total. The van der Waals surface area contributed by atoms with Crippen molar-refractivity contribution in [3.05, 3.63) is 0 Å². The summed E-state index contributed by atoms with van der Waals surface area (Å²) in [5, 5.41) is 2.44. The van der Waals surface area contributed by atoms with E-state index in [0.29, 0.717) is 0 Å². The van der Waals surface area contributed by atoms with Gasteiger partial charge in [0.25, 0.3) is 0 Å². The SMILES string of the molecule is CNC(=O)OC1CCCCN1C. The molecule has 70 valence electrons. The van der Waals surface area contributed by atoms with Gasteiger partial charge in [-0.05, 0) is 26.3 Å². The summed E-state index contributed by atoms with van der Waals surface area (Å²) in [7, 11) is 3.55. The third-order valence-electron chi connectivity index (χ3n) is 2.15. The Hall–Kier alpha value is -0.770. The lowest BCUT2D eigenvalue weighted by molar-refractivity contribution is -0.0210. The Labute approximate surface area is 72.9 Å². The molecular formula is C8H16N2O2. The first-order chi connectivity index (χ1) is 5.74. The van der Waals surface area contributed by atoms with Crippen LogP contribution in [0.25, 0.3) is 0 Å². The van der Waals surface area contributed by atoms with Crippen LogP contribution in [0.2, 0.25) is 0 Å². The van der Waals surface area contributed by atoms with Crippen molar-refractivity contribution in [2.75, 3.05) is 20.6 Å². The molecule has 1 rings (SSSR count). The van der Waals surface area contributed by atoms with Crippen LogP contribution in [-0.4, -0.2) is 37.9 Å². The molecule has 12 heavy (non-hydrogen) atoms. The molecule has 1 amide bonds. The molecule has 0 aromatic carbocycles. The summed E-state index contributed by atoms with van der Waals surface area (Å²) in [5.74, 6) is 0. The van der Waals surface area contributed by atoms with Crippen LogP contribution >= 0.6 is 0 Å². The molecule has 1 heterocycles. The molecule has 0 aromatic rings. The highest BCUT2D eigenvalue weighted by Crippen LogP contribution is 2.15. The van der Waals surface area contributed by atoms with Crippen LogP contribution in [0.1, 0.15) is 19.3 Å². The van der Waals surface area contributed by atoms with E-state index in [4.69, 9.17) is 4.74 Å². The Morgan fingerprint density at radius 2 is 2.33 bits per heavy atom. The van der Waals surface area contributed by atoms with E-state index in [1.165, 1.54) is 6.42 Å². The number of ether oxygens (including phenoxy) is 1. The first kappa shape index (κ1) is 9.32. The molecule has 1 aliphatic heterocycles. The van der Waals surface area contributed by atoms with Gasteiger partial charge < -0.3 is 10.1 Å². The van der Waals surface area contributed by atoms with Crippen molar-refractivity contribution in [2.45, 2.75) is 25.5 Å². The molecule has 1 aliphatic rings. The highest BCUT2D eigenvalue weighted by molar-refractivity contribution is 5.66. The lowest BCUT2D eigenvalue weighted by atomic mass is 10.1. The zero-order chi connectivity index (χ0) is 8.97. The number of carbonyl (C=O) groups excluding carboxylic acids is 1. The molecule has 0 bridgehead atoms. The van der Waals surface area contributed by atoms with E-state index in [9.17, 15) is 4.79 Å². The van der Waals surface area contributed by atoms with Crippen molar-refractivity contribution in [2.24, 2.45) is 0 Å². The number of nitrogens with zero attached hydrogens (tertiary/aromatic N) is 1. The maximum atomic E-state index is 10.9. The zero-order valence-corrected chi connectivity index (χ0v) is 7.67. The topological polar surface area (TPSA) is 41.6 Å². The predicted molar refractivity (Wildman–Crippen MR) is 45.8 cm³/mol. The van der Waals surface area contributed by atoms with Gasteiger partial charge in [-0.25, -0.2) is 4.79 Å². The first-order valence-electron chi connectivity index (χ1n) is 4.32. The molecule has 0 aliphatic carbocycles. The predicted octanol–water partition coefficient (Wildman–Crippen LogP) is 0.784. The summed E-state index contributed by atoms with van der Waals surface area (Å²) in [6.07, 6.45) is 2.92. The molecule has 1 N–H and O–H groups in total. The highest BCUT2D eigenvalue weighted by atomic mass is 16.6. The van der Waals surface area contributed by atoms with E-state index in [2.05, 4.69) is 10.2 Å². The smallest absolute Gasteiger partial charge is 0.408 e. The van der Waals surface area contributed by atoms with Crippen molar-refractivity contribution in [1.82, 2.24) is 10.2 Å². The molecule has 1 saturated heterocycles. The summed E-state index contributed by atoms with van der Waals surface area (Å²) in [6.45, 7) is 1.02.